The minimum atomic E-state index is -0.106. The fourth-order valence-electron chi connectivity index (χ4n) is 3.13. The van der Waals surface area contributed by atoms with E-state index in [1.165, 1.54) is 16.7 Å². The zero-order chi connectivity index (χ0) is 31.7. The first-order valence-electron chi connectivity index (χ1n) is 16.5. The third-order valence-corrected chi connectivity index (χ3v) is 6.18. The van der Waals surface area contributed by atoms with Gasteiger partial charge < -0.3 is 42.9 Å². The van der Waals surface area contributed by atoms with Gasteiger partial charge in [-0.15, -0.1) is 18.7 Å². The molecule has 0 heterocycles. The van der Waals surface area contributed by atoms with E-state index in [1.54, 1.807) is 0 Å². The molecule has 0 aliphatic carbocycles. The number of allylic oxidation sites excluding steroid dienone is 2. The van der Waals surface area contributed by atoms with Gasteiger partial charge in [-0.1, -0.05) is 90.2 Å². The van der Waals surface area contributed by atoms with Gasteiger partial charge in [0.25, 0.3) is 0 Å². The van der Waals surface area contributed by atoms with Crippen molar-refractivity contribution in [3.63, 3.8) is 0 Å². The molecular formula is C37H71BrMgO4. The van der Waals surface area contributed by atoms with Gasteiger partial charge in [0.2, 0.25) is 0 Å². The molecule has 0 N–H and O–H groups in total. The molecule has 4 nitrogen and oxygen atoms in total. The van der Waals surface area contributed by atoms with Crippen molar-refractivity contribution < 1.29 is 35.9 Å². The van der Waals surface area contributed by atoms with E-state index in [0.717, 1.165) is 128 Å². The van der Waals surface area contributed by atoms with Crippen molar-refractivity contribution in [3.8, 4) is 0 Å². The van der Waals surface area contributed by atoms with Crippen LogP contribution in [0.3, 0.4) is 0 Å². The summed E-state index contributed by atoms with van der Waals surface area (Å²) in [6.07, 6.45) is 15.6. The Morgan fingerprint density at radius 1 is 0.558 bits per heavy atom. The molecule has 0 aromatic heterocycles. The predicted molar refractivity (Wildman–Crippen MR) is 188 cm³/mol. The van der Waals surface area contributed by atoms with Crippen LogP contribution in [0.2, 0.25) is 0 Å². The van der Waals surface area contributed by atoms with Crippen LogP contribution >= 0.6 is 0 Å². The molecule has 0 aliphatic heterocycles. The van der Waals surface area contributed by atoms with Crippen LogP contribution in [0.4, 0.5) is 0 Å². The Morgan fingerprint density at radius 3 is 1.14 bits per heavy atom. The molecule has 252 valence electrons. The molecule has 0 atom stereocenters. The summed E-state index contributed by atoms with van der Waals surface area (Å²) < 4.78 is 23.1. The van der Waals surface area contributed by atoms with Crippen molar-refractivity contribution in [2.45, 2.75) is 157 Å². The Labute approximate surface area is 296 Å². The van der Waals surface area contributed by atoms with Crippen molar-refractivity contribution in [2.24, 2.45) is 0 Å². The van der Waals surface area contributed by atoms with Crippen LogP contribution < -0.4 is 17.0 Å². The first-order valence-corrected chi connectivity index (χ1v) is 16.5. The third-order valence-electron chi connectivity index (χ3n) is 6.18. The fraction of sp³-hybridized carbons (Fsp3) is 0.757. The van der Waals surface area contributed by atoms with E-state index in [2.05, 4.69) is 74.8 Å². The largest absolute Gasteiger partial charge is 2.00 e. The molecule has 0 rings (SSSR count). The van der Waals surface area contributed by atoms with Crippen LogP contribution in [0.25, 0.3) is 0 Å². The number of hydrogen-bond donors (Lipinski definition) is 0. The summed E-state index contributed by atoms with van der Waals surface area (Å²) in [6.45, 7) is 37.3. The predicted octanol–water partition coefficient (Wildman–Crippen LogP) is 8.35. The molecule has 0 bridgehead atoms. The zero-order valence-corrected chi connectivity index (χ0v) is 32.8. The van der Waals surface area contributed by atoms with Crippen LogP contribution in [0.1, 0.15) is 145 Å². The van der Waals surface area contributed by atoms with Crippen LogP contribution in [0.15, 0.2) is 48.6 Å². The molecule has 0 aliphatic rings. The van der Waals surface area contributed by atoms with Crippen LogP contribution in [0.5, 0.6) is 0 Å². The quantitative estimate of drug-likeness (QED) is 0.0302. The average molecular weight is 684 g/mol. The van der Waals surface area contributed by atoms with Gasteiger partial charge in [-0.25, -0.2) is 0 Å². The second-order valence-electron chi connectivity index (χ2n) is 11.0. The van der Waals surface area contributed by atoms with Gasteiger partial charge in [-0.3, -0.25) is 0 Å². The number of rotatable bonds is 26. The van der Waals surface area contributed by atoms with E-state index in [-0.39, 0.29) is 52.6 Å². The molecule has 0 amide bonds. The molecule has 6 heteroatoms. The first-order chi connectivity index (χ1) is 19.6. The van der Waals surface area contributed by atoms with E-state index < -0.39 is 0 Å². The first kappa shape index (κ1) is 52.6. The molecule has 0 aromatic rings. The van der Waals surface area contributed by atoms with Crippen molar-refractivity contribution in [1.82, 2.24) is 0 Å². The summed E-state index contributed by atoms with van der Waals surface area (Å²) in [5, 5.41) is 0. The van der Waals surface area contributed by atoms with Gasteiger partial charge in [-0.2, -0.15) is 6.42 Å². The fourth-order valence-corrected chi connectivity index (χ4v) is 3.13. The molecule has 0 aromatic carbocycles. The van der Waals surface area contributed by atoms with Crippen molar-refractivity contribution in [2.75, 3.05) is 26.4 Å². The van der Waals surface area contributed by atoms with Gasteiger partial charge in [0.1, 0.15) is 0 Å². The monoisotopic (exact) mass is 682 g/mol. The van der Waals surface area contributed by atoms with E-state index in [9.17, 15) is 0 Å². The summed E-state index contributed by atoms with van der Waals surface area (Å²) in [4.78, 5) is 0. The maximum absolute atomic E-state index is 5.83. The standard InChI is InChI=1S/C18H34O2.C14H28O2.C5H9.BrH.Mg/c1-6-8-13-19-18(20-14-9-7-2)15-17(5)12-10-11-16(3)4;1-5-8-10-15-14(12-13(4)7-3)16-11-9-6-2;1-4-5(2)3;;/h18H,3,5-15H2,1-2,4H3;14H,4-12H2,1-3H3;1-2,4H2,3H3;1H;/q;;-1;;+2/p-1. The number of halogens is 1. The van der Waals surface area contributed by atoms with Crippen LogP contribution in [0, 0.1) is 6.92 Å². The minimum Gasteiger partial charge on any atom is -1.00 e. The molecule has 0 radical (unpaired) electrons. The van der Waals surface area contributed by atoms with E-state index in [4.69, 9.17) is 18.9 Å². The third kappa shape index (κ3) is 46.6. The summed E-state index contributed by atoms with van der Waals surface area (Å²) in [5.41, 5.74) is 4.82. The number of ether oxygens (including phenoxy) is 4. The Kier molecular flexibility index (Phi) is 51.4. The van der Waals surface area contributed by atoms with Gasteiger partial charge in [0.05, 0.1) is 0 Å². The number of unbranched alkanes of at least 4 members (excludes halogenated alkanes) is 4. The topological polar surface area (TPSA) is 36.9 Å². The molecular weight excluding hydrogens is 613 g/mol. The summed E-state index contributed by atoms with van der Waals surface area (Å²) >= 11 is 0. The van der Waals surface area contributed by atoms with E-state index in [1.807, 2.05) is 6.92 Å². The maximum atomic E-state index is 5.83. The normalized spacial score (nSPS) is 10.1. The van der Waals surface area contributed by atoms with Crippen molar-refractivity contribution >= 4 is 23.1 Å². The Hall–Kier alpha value is 0.0462. The zero-order valence-electron chi connectivity index (χ0n) is 29.8. The maximum Gasteiger partial charge on any atom is 2.00 e. The van der Waals surface area contributed by atoms with E-state index in [0.29, 0.717) is 0 Å². The Morgan fingerprint density at radius 2 is 0.884 bits per heavy atom. The van der Waals surface area contributed by atoms with Gasteiger partial charge in [0, 0.05) is 39.3 Å². The second-order valence-corrected chi connectivity index (χ2v) is 11.0. The second kappa shape index (κ2) is 42.0. The molecule has 0 spiro atoms. The molecule has 43 heavy (non-hydrogen) atoms. The van der Waals surface area contributed by atoms with Crippen molar-refractivity contribution in [3.05, 3.63) is 55.5 Å². The van der Waals surface area contributed by atoms with Crippen LogP contribution in [-0.4, -0.2) is 62.1 Å². The smallest absolute Gasteiger partial charge is 1.00 e. The number of hydrogen-bond acceptors (Lipinski definition) is 4. The molecule has 0 unspecified atom stereocenters. The minimum absolute atomic E-state index is 0. The molecule has 0 saturated heterocycles. The van der Waals surface area contributed by atoms with Gasteiger partial charge >= 0.3 is 23.1 Å². The Balaban J connectivity index is -0.000000188. The van der Waals surface area contributed by atoms with E-state index >= 15 is 0 Å². The summed E-state index contributed by atoms with van der Waals surface area (Å²) in [7, 11) is 0. The van der Waals surface area contributed by atoms with Gasteiger partial charge in [0.15, 0.2) is 12.6 Å². The Bertz CT molecular complexity index is 604. The molecule has 0 saturated carbocycles. The van der Waals surface area contributed by atoms with Crippen LogP contribution in [-0.2, 0) is 18.9 Å². The SMILES string of the molecule is C=C(C)CCCC(=C)CC(OCCCC)OCCCC.C=C(C)C[CH2-].C=C(CC)CC(OCCCC)OCCCC.[Br-].[Mg+2]. The molecule has 0 fully saturated rings. The van der Waals surface area contributed by atoms with Gasteiger partial charge in [-0.05, 0) is 65.2 Å². The van der Waals surface area contributed by atoms with Crippen molar-refractivity contribution in [1.29, 1.82) is 0 Å². The summed E-state index contributed by atoms with van der Waals surface area (Å²) in [5.74, 6) is 0. The average Bonchev–Trinajstić information content (AvgIpc) is 2.93. The summed E-state index contributed by atoms with van der Waals surface area (Å²) in [6, 6.07) is 0.